The van der Waals surface area contributed by atoms with Crippen LogP contribution in [0.4, 0.5) is 0 Å². The largest absolute Gasteiger partial charge is 0.375 e. The molecule has 0 aromatic rings. The first-order chi connectivity index (χ1) is 20.2. The molecule has 12 heterocycles. The maximum atomic E-state index is 12.6. The van der Waals surface area contributed by atoms with Gasteiger partial charge in [-0.15, -0.1) is 0 Å². The second-order valence-corrected chi connectivity index (χ2v) is 14.4. The summed E-state index contributed by atoms with van der Waals surface area (Å²) < 4.78 is 36.6. The number of hydrogen-bond acceptors (Lipinski definition) is 10. The number of nitrogens with zero attached hydrogens (tertiary/aromatic N) is 2. The minimum atomic E-state index is -0.671. The third kappa shape index (κ3) is 2.12. The van der Waals surface area contributed by atoms with E-state index in [-0.39, 0.29) is 83.6 Å². The Kier molecular flexibility index (Phi) is 3.85. The van der Waals surface area contributed by atoms with Crippen molar-refractivity contribution in [2.24, 2.45) is 47.3 Å². The summed E-state index contributed by atoms with van der Waals surface area (Å²) in [5, 5.41) is 0. The van der Waals surface area contributed by atoms with Gasteiger partial charge >= 0.3 is 0 Å². The predicted molar refractivity (Wildman–Crippen MR) is 134 cm³/mol. The standard InChI is InChI=1S/2C15H15NO5/c2*1-16-12(17)8-9(13(16)18)15-5-19-4-14-3-2-6(20-14)7(11(14)15)10(8)21-15/h2*2-3,6-11H,4-5H2,1H3/t2*6-,7+,8+,9+,10-,11-,14-,15-/m10/s1. The maximum absolute atomic E-state index is 12.6. The van der Waals surface area contributed by atoms with E-state index in [2.05, 4.69) is 24.3 Å². The lowest BCUT2D eigenvalue weighted by Crippen LogP contribution is -2.63. The Bertz CT molecular complexity index is 1400. The van der Waals surface area contributed by atoms with Crippen molar-refractivity contribution in [1.29, 1.82) is 0 Å². The van der Waals surface area contributed by atoms with E-state index < -0.39 is 34.2 Å². The highest BCUT2D eigenvalue weighted by molar-refractivity contribution is 6.07. The summed E-state index contributed by atoms with van der Waals surface area (Å²) in [5.74, 6) is -1.26. The number of amides is 4. The van der Waals surface area contributed by atoms with E-state index in [1.54, 1.807) is 14.1 Å². The molecule has 4 spiro atoms. The molecule has 10 saturated heterocycles. The smallest absolute Gasteiger partial charge is 0.235 e. The lowest BCUT2D eigenvalue weighted by atomic mass is 9.56. The summed E-state index contributed by atoms with van der Waals surface area (Å²) in [6.45, 7) is 1.83. The predicted octanol–water partition coefficient (Wildman–Crippen LogP) is -1.32. The van der Waals surface area contributed by atoms with Crippen LogP contribution in [0, 0.1) is 47.3 Å². The number of ether oxygens (including phenoxy) is 6. The van der Waals surface area contributed by atoms with E-state index in [0.29, 0.717) is 26.4 Å². The van der Waals surface area contributed by atoms with Crippen molar-refractivity contribution in [3.63, 3.8) is 0 Å². The fourth-order valence-corrected chi connectivity index (χ4v) is 12.1. The van der Waals surface area contributed by atoms with Gasteiger partial charge in [0.2, 0.25) is 23.6 Å². The van der Waals surface area contributed by atoms with Crippen molar-refractivity contribution in [2.45, 2.75) is 46.8 Å². The zero-order valence-electron chi connectivity index (χ0n) is 23.0. The molecule has 12 aliphatic heterocycles. The van der Waals surface area contributed by atoms with Crippen LogP contribution in [0.1, 0.15) is 0 Å². The maximum Gasteiger partial charge on any atom is 0.235 e. The lowest BCUT2D eigenvalue weighted by molar-refractivity contribution is -0.196. The molecular formula is C30H30N2O10. The molecule has 0 aromatic heterocycles. The van der Waals surface area contributed by atoms with Gasteiger partial charge in [0.25, 0.3) is 0 Å². The first kappa shape index (κ1) is 23.9. The highest BCUT2D eigenvalue weighted by Gasteiger charge is 2.85. The van der Waals surface area contributed by atoms with Gasteiger partial charge in [0.05, 0.1) is 74.5 Å². The van der Waals surface area contributed by atoms with Crippen molar-refractivity contribution in [3.05, 3.63) is 24.3 Å². The molecular weight excluding hydrogens is 548 g/mol. The van der Waals surface area contributed by atoms with Crippen molar-refractivity contribution < 1.29 is 47.6 Å². The molecule has 16 atom stereocenters. The Hall–Kier alpha value is -2.48. The quantitative estimate of drug-likeness (QED) is 0.252. The summed E-state index contributed by atoms with van der Waals surface area (Å²) in [4.78, 5) is 52.7. The molecule has 220 valence electrons. The second kappa shape index (κ2) is 6.77. The molecule has 0 aliphatic carbocycles. The van der Waals surface area contributed by atoms with Gasteiger partial charge in [-0.3, -0.25) is 29.0 Å². The summed E-state index contributed by atoms with van der Waals surface area (Å²) >= 11 is 0. The summed E-state index contributed by atoms with van der Waals surface area (Å²) in [5.41, 5.74) is -2.24. The number of fused-ring (bicyclic) bond motifs is 12. The molecule has 0 saturated carbocycles. The third-order valence-electron chi connectivity index (χ3n) is 13.2. The average molecular weight is 579 g/mol. The van der Waals surface area contributed by atoms with Gasteiger partial charge in [0, 0.05) is 37.8 Å². The van der Waals surface area contributed by atoms with Crippen molar-refractivity contribution in [2.75, 3.05) is 40.5 Å². The first-order valence-corrected chi connectivity index (χ1v) is 15.1. The molecule has 0 radical (unpaired) electrons. The SMILES string of the molecule is CN1C(=O)[C@@H]2[C@@H]3O[C@]4(COC[C@@]56C=C[C@@H](O5)[C@@H]3[C@@H]46)[C@@H]2C1=O.CN1C(=O)[C@H]2[C@H]3O[C@@]4(COC[C@]56C=C[C@H](O5)[C@H]3[C@H]46)[C@H]2C1=O. The Labute approximate surface area is 240 Å². The molecule has 0 aromatic carbocycles. The van der Waals surface area contributed by atoms with E-state index in [1.807, 2.05) is 0 Å². The summed E-state index contributed by atoms with van der Waals surface area (Å²) in [6.07, 6.45) is 7.91. The highest BCUT2D eigenvalue weighted by Crippen LogP contribution is 2.71. The van der Waals surface area contributed by atoms with Gasteiger partial charge in [0.1, 0.15) is 22.4 Å². The fourth-order valence-electron chi connectivity index (χ4n) is 12.1. The average Bonchev–Trinajstić information content (AvgIpc) is 3.84. The molecule has 12 rings (SSSR count). The minimum absolute atomic E-state index is 0.00154. The van der Waals surface area contributed by atoms with E-state index in [4.69, 9.17) is 28.4 Å². The number of carbonyl (C=O) groups is 4. The molecule has 42 heavy (non-hydrogen) atoms. The Morgan fingerprint density at radius 1 is 0.619 bits per heavy atom. The van der Waals surface area contributed by atoms with E-state index in [9.17, 15) is 19.2 Å². The monoisotopic (exact) mass is 578 g/mol. The molecule has 10 fully saturated rings. The van der Waals surface area contributed by atoms with E-state index >= 15 is 0 Å². The van der Waals surface area contributed by atoms with Gasteiger partial charge in [-0.25, -0.2) is 0 Å². The van der Waals surface area contributed by atoms with Crippen LogP contribution in [0.3, 0.4) is 0 Å². The number of rotatable bonds is 0. The van der Waals surface area contributed by atoms with Crippen molar-refractivity contribution >= 4 is 23.6 Å². The van der Waals surface area contributed by atoms with Crippen LogP contribution in [0.25, 0.3) is 0 Å². The number of imide groups is 2. The summed E-state index contributed by atoms with van der Waals surface area (Å²) in [7, 11) is 3.16. The molecule has 0 N–H and O–H groups in total. The Balaban J connectivity index is 0.000000107. The molecule has 12 nitrogen and oxygen atoms in total. The number of carbonyl (C=O) groups excluding carboxylic acids is 4. The highest BCUT2D eigenvalue weighted by atomic mass is 16.6. The van der Waals surface area contributed by atoms with Gasteiger partial charge < -0.3 is 28.4 Å². The van der Waals surface area contributed by atoms with Gasteiger partial charge in [-0.2, -0.15) is 0 Å². The van der Waals surface area contributed by atoms with Crippen LogP contribution in [-0.2, 0) is 47.6 Å². The van der Waals surface area contributed by atoms with Gasteiger partial charge in [-0.1, -0.05) is 24.3 Å². The molecule has 0 unspecified atom stereocenters. The van der Waals surface area contributed by atoms with Crippen molar-refractivity contribution in [3.8, 4) is 0 Å². The van der Waals surface area contributed by atoms with Crippen LogP contribution in [-0.4, -0.2) is 121 Å². The third-order valence-corrected chi connectivity index (χ3v) is 13.2. The van der Waals surface area contributed by atoms with E-state index in [0.717, 1.165) is 0 Å². The van der Waals surface area contributed by atoms with Gasteiger partial charge in [0.15, 0.2) is 0 Å². The molecule has 12 heteroatoms. The number of hydrogen-bond donors (Lipinski definition) is 0. The first-order valence-electron chi connectivity index (χ1n) is 15.1. The fraction of sp³-hybridized carbons (Fsp3) is 0.733. The zero-order valence-corrected chi connectivity index (χ0v) is 23.0. The van der Waals surface area contributed by atoms with Crippen LogP contribution < -0.4 is 0 Å². The Morgan fingerprint density at radius 2 is 1.05 bits per heavy atom. The lowest BCUT2D eigenvalue weighted by Gasteiger charge is -2.48. The minimum Gasteiger partial charge on any atom is -0.375 e. The van der Waals surface area contributed by atoms with Crippen LogP contribution in [0.15, 0.2) is 24.3 Å². The van der Waals surface area contributed by atoms with Crippen LogP contribution in [0.5, 0.6) is 0 Å². The topological polar surface area (TPSA) is 130 Å². The summed E-state index contributed by atoms with van der Waals surface area (Å²) in [6, 6.07) is 0. The molecule has 4 amide bonds. The van der Waals surface area contributed by atoms with Gasteiger partial charge in [-0.05, 0) is 0 Å². The van der Waals surface area contributed by atoms with E-state index in [1.165, 1.54) is 9.80 Å². The second-order valence-electron chi connectivity index (χ2n) is 14.4. The normalized spacial score (nSPS) is 61.9. The van der Waals surface area contributed by atoms with Crippen LogP contribution in [0.2, 0.25) is 0 Å². The van der Waals surface area contributed by atoms with Crippen LogP contribution >= 0.6 is 0 Å². The van der Waals surface area contributed by atoms with Crippen molar-refractivity contribution in [1.82, 2.24) is 9.80 Å². The molecule has 8 bridgehead atoms. The number of likely N-dealkylation sites (tertiary alicyclic amines) is 2. The molecule has 12 aliphatic rings. The zero-order chi connectivity index (χ0) is 28.3. The Morgan fingerprint density at radius 3 is 1.48 bits per heavy atom.